The van der Waals surface area contributed by atoms with E-state index >= 15 is 0 Å². The van der Waals surface area contributed by atoms with Crippen LogP contribution in [-0.4, -0.2) is 0 Å². The molecule has 1 aromatic rings. The highest BCUT2D eigenvalue weighted by molar-refractivity contribution is 14.1. The fourth-order valence-electron chi connectivity index (χ4n) is 0.850. The lowest BCUT2D eigenvalue weighted by Gasteiger charge is -2.10. The molecule has 0 fully saturated rings. The van der Waals surface area contributed by atoms with Gasteiger partial charge in [0.05, 0.1) is 5.02 Å². The van der Waals surface area contributed by atoms with E-state index in [0.29, 0.717) is 0 Å². The number of hydrogen-bond acceptors (Lipinski definition) is 0. The number of benzene rings is 1. The van der Waals surface area contributed by atoms with E-state index in [1.807, 2.05) is 0 Å². The quantitative estimate of drug-likeness (QED) is 0.540. The molecule has 0 aliphatic rings. The first-order chi connectivity index (χ1) is 5.41. The molecule has 1 aromatic carbocycles. The molecule has 0 amide bonds. The molecule has 0 unspecified atom stereocenters. The SMILES string of the molecule is Cc1ccc(C(F)(F)I)c(Cl)c1. The van der Waals surface area contributed by atoms with Crippen molar-refractivity contribution in [2.45, 2.75) is 10.9 Å². The van der Waals surface area contributed by atoms with Crippen LogP contribution in [0.3, 0.4) is 0 Å². The van der Waals surface area contributed by atoms with E-state index in [1.165, 1.54) is 12.1 Å². The smallest absolute Gasteiger partial charge is 0.189 e. The minimum Gasteiger partial charge on any atom is -0.189 e. The summed E-state index contributed by atoms with van der Waals surface area (Å²) in [5.41, 5.74) is 0.750. The van der Waals surface area contributed by atoms with E-state index in [1.54, 1.807) is 13.0 Å². The summed E-state index contributed by atoms with van der Waals surface area (Å²) < 4.78 is 22.6. The van der Waals surface area contributed by atoms with Gasteiger partial charge in [-0.25, -0.2) is 0 Å². The van der Waals surface area contributed by atoms with Crippen LogP contribution in [0.15, 0.2) is 18.2 Å². The highest BCUT2D eigenvalue weighted by atomic mass is 127. The Morgan fingerprint density at radius 3 is 2.42 bits per heavy atom. The monoisotopic (exact) mass is 302 g/mol. The molecule has 0 spiro atoms. The summed E-state index contributed by atoms with van der Waals surface area (Å²) in [6, 6.07) is 4.50. The highest BCUT2D eigenvalue weighted by Crippen LogP contribution is 2.39. The van der Waals surface area contributed by atoms with E-state index in [-0.39, 0.29) is 10.6 Å². The molecule has 0 aromatic heterocycles. The second-order valence-corrected chi connectivity index (χ2v) is 4.24. The normalized spacial score (nSPS) is 11.8. The Labute approximate surface area is 88.1 Å². The van der Waals surface area contributed by atoms with Gasteiger partial charge in [-0.05, 0) is 18.6 Å². The zero-order valence-corrected chi connectivity index (χ0v) is 9.16. The average Bonchev–Trinajstić information content (AvgIpc) is 1.83. The zero-order chi connectivity index (χ0) is 9.35. The second kappa shape index (κ2) is 3.46. The lowest BCUT2D eigenvalue weighted by atomic mass is 10.1. The number of alkyl halides is 3. The van der Waals surface area contributed by atoms with Crippen LogP contribution in [0.4, 0.5) is 8.78 Å². The van der Waals surface area contributed by atoms with Crippen molar-refractivity contribution in [3.63, 3.8) is 0 Å². The maximum Gasteiger partial charge on any atom is 0.323 e. The van der Waals surface area contributed by atoms with Gasteiger partial charge >= 0.3 is 3.93 Å². The third kappa shape index (κ3) is 2.29. The molecule has 0 N–H and O–H groups in total. The van der Waals surface area contributed by atoms with Crippen molar-refractivity contribution in [1.29, 1.82) is 0 Å². The van der Waals surface area contributed by atoms with Gasteiger partial charge in [-0.3, -0.25) is 0 Å². The molecular formula is C8H6ClF2I. The first kappa shape index (κ1) is 10.2. The molecular weight excluding hydrogens is 296 g/mol. The highest BCUT2D eigenvalue weighted by Gasteiger charge is 2.29. The Morgan fingerprint density at radius 2 is 2.00 bits per heavy atom. The Balaban J connectivity index is 3.19. The third-order valence-electron chi connectivity index (χ3n) is 1.43. The molecule has 0 aliphatic carbocycles. The first-order valence-corrected chi connectivity index (χ1v) is 4.70. The predicted octanol–water partition coefficient (Wildman–Crippen LogP) is 4.13. The van der Waals surface area contributed by atoms with Crippen molar-refractivity contribution < 1.29 is 8.78 Å². The zero-order valence-electron chi connectivity index (χ0n) is 6.24. The summed E-state index contributed by atoms with van der Waals surface area (Å²) in [5, 5.41) is 0.120. The maximum atomic E-state index is 12.7. The third-order valence-corrected chi connectivity index (χ3v) is 2.32. The molecule has 0 nitrogen and oxygen atoms in total. The Kier molecular flexibility index (Phi) is 2.93. The standard InChI is InChI=1S/C8H6ClF2I/c1-5-2-3-6(7(9)4-5)8(10,11)12/h2-4H,1H3. The molecule has 12 heavy (non-hydrogen) atoms. The van der Waals surface area contributed by atoms with Crippen molar-refractivity contribution in [2.75, 3.05) is 0 Å². The van der Waals surface area contributed by atoms with E-state index in [2.05, 4.69) is 0 Å². The molecule has 0 bridgehead atoms. The van der Waals surface area contributed by atoms with Gasteiger partial charge in [0, 0.05) is 28.2 Å². The minimum absolute atomic E-state index is 0.120. The minimum atomic E-state index is -2.89. The Bertz CT molecular complexity index is 294. The molecule has 0 saturated carbocycles. The molecule has 0 saturated heterocycles. The van der Waals surface area contributed by atoms with E-state index < -0.39 is 3.93 Å². The molecule has 4 heteroatoms. The molecule has 0 aliphatic heterocycles. The second-order valence-electron chi connectivity index (χ2n) is 2.48. The molecule has 66 valence electrons. The Hall–Kier alpha value is 0.1000. The van der Waals surface area contributed by atoms with Crippen LogP contribution in [0, 0.1) is 6.92 Å². The number of rotatable bonds is 1. The predicted molar refractivity (Wildman–Crippen MR) is 54.1 cm³/mol. The molecule has 0 heterocycles. The Morgan fingerprint density at radius 1 is 1.42 bits per heavy atom. The maximum absolute atomic E-state index is 12.7. The lowest BCUT2D eigenvalue weighted by molar-refractivity contribution is 0.127. The van der Waals surface area contributed by atoms with Crippen LogP contribution >= 0.6 is 34.2 Å². The van der Waals surface area contributed by atoms with Gasteiger partial charge in [0.15, 0.2) is 0 Å². The van der Waals surface area contributed by atoms with Crippen LogP contribution in [0.25, 0.3) is 0 Å². The van der Waals surface area contributed by atoms with E-state index in [0.717, 1.165) is 28.2 Å². The van der Waals surface area contributed by atoms with Crippen molar-refractivity contribution in [1.82, 2.24) is 0 Å². The van der Waals surface area contributed by atoms with Crippen molar-refractivity contribution in [2.24, 2.45) is 0 Å². The average molecular weight is 302 g/mol. The van der Waals surface area contributed by atoms with Crippen LogP contribution in [0.5, 0.6) is 0 Å². The van der Waals surface area contributed by atoms with Gasteiger partial charge in [0.2, 0.25) is 0 Å². The number of hydrogen-bond donors (Lipinski definition) is 0. The van der Waals surface area contributed by atoms with Gasteiger partial charge in [-0.2, -0.15) is 8.78 Å². The molecule has 0 radical (unpaired) electrons. The van der Waals surface area contributed by atoms with Crippen LogP contribution in [0.1, 0.15) is 11.1 Å². The van der Waals surface area contributed by atoms with Crippen molar-refractivity contribution >= 4 is 34.2 Å². The topological polar surface area (TPSA) is 0 Å². The summed E-state index contributed by atoms with van der Waals surface area (Å²) >= 11 is 6.69. The summed E-state index contributed by atoms with van der Waals surface area (Å²) in [6.45, 7) is 1.81. The van der Waals surface area contributed by atoms with Crippen LogP contribution in [0.2, 0.25) is 5.02 Å². The van der Waals surface area contributed by atoms with Gasteiger partial charge < -0.3 is 0 Å². The number of halogens is 4. The van der Waals surface area contributed by atoms with E-state index in [9.17, 15) is 8.78 Å². The van der Waals surface area contributed by atoms with Crippen molar-refractivity contribution in [3.05, 3.63) is 34.3 Å². The van der Waals surface area contributed by atoms with Crippen LogP contribution < -0.4 is 0 Å². The summed E-state index contributed by atoms with van der Waals surface area (Å²) in [7, 11) is 0. The number of aryl methyl sites for hydroxylation is 1. The lowest BCUT2D eigenvalue weighted by Crippen LogP contribution is -2.02. The first-order valence-electron chi connectivity index (χ1n) is 3.24. The van der Waals surface area contributed by atoms with Gasteiger partial charge in [0.25, 0.3) is 0 Å². The fourth-order valence-corrected chi connectivity index (χ4v) is 1.83. The summed E-state index contributed by atoms with van der Waals surface area (Å²) in [6.07, 6.45) is 0. The van der Waals surface area contributed by atoms with Gasteiger partial charge in [-0.1, -0.05) is 23.7 Å². The van der Waals surface area contributed by atoms with Gasteiger partial charge in [0.1, 0.15) is 0 Å². The van der Waals surface area contributed by atoms with E-state index in [4.69, 9.17) is 11.6 Å². The molecule has 0 atom stereocenters. The van der Waals surface area contributed by atoms with Crippen LogP contribution in [-0.2, 0) is 3.93 Å². The molecule has 1 rings (SSSR count). The fraction of sp³-hybridized carbons (Fsp3) is 0.250. The largest absolute Gasteiger partial charge is 0.323 e. The summed E-state index contributed by atoms with van der Waals surface area (Å²) in [5.74, 6) is 0. The van der Waals surface area contributed by atoms with Crippen molar-refractivity contribution in [3.8, 4) is 0 Å². The van der Waals surface area contributed by atoms with Gasteiger partial charge in [-0.15, -0.1) is 0 Å². The summed E-state index contributed by atoms with van der Waals surface area (Å²) in [4.78, 5) is 0.